The van der Waals surface area contributed by atoms with E-state index in [4.69, 9.17) is 0 Å². The van der Waals surface area contributed by atoms with Gasteiger partial charge < -0.3 is 5.32 Å². The lowest BCUT2D eigenvalue weighted by molar-refractivity contribution is -0.126. The Kier molecular flexibility index (Phi) is 6.92. The van der Waals surface area contributed by atoms with Gasteiger partial charge in [-0.15, -0.1) is 0 Å². The molecule has 1 saturated heterocycles. The van der Waals surface area contributed by atoms with Gasteiger partial charge in [-0.25, -0.2) is 8.42 Å². The zero-order chi connectivity index (χ0) is 22.6. The van der Waals surface area contributed by atoms with Crippen LogP contribution in [0.25, 0.3) is 10.8 Å². The first-order valence-corrected chi connectivity index (χ1v) is 12.7. The van der Waals surface area contributed by atoms with Gasteiger partial charge in [0.2, 0.25) is 15.9 Å². The van der Waals surface area contributed by atoms with E-state index in [0.29, 0.717) is 24.4 Å². The number of carbonyl (C=O) groups is 1. The molecule has 0 bridgehead atoms. The van der Waals surface area contributed by atoms with Gasteiger partial charge in [0.1, 0.15) is 0 Å². The van der Waals surface area contributed by atoms with Crippen molar-refractivity contribution >= 4 is 26.7 Å². The van der Waals surface area contributed by atoms with E-state index in [9.17, 15) is 13.2 Å². The quantitative estimate of drug-likeness (QED) is 0.546. The monoisotopic (exact) mass is 450 g/mol. The van der Waals surface area contributed by atoms with E-state index in [1.54, 1.807) is 24.3 Å². The van der Waals surface area contributed by atoms with Crippen LogP contribution in [0.5, 0.6) is 0 Å². The molecule has 0 saturated carbocycles. The van der Waals surface area contributed by atoms with Crippen molar-refractivity contribution in [1.82, 2.24) is 9.62 Å². The molecule has 1 fully saturated rings. The number of nitrogens with one attached hydrogen (secondary N) is 1. The van der Waals surface area contributed by atoms with Gasteiger partial charge in [-0.05, 0) is 61.1 Å². The van der Waals surface area contributed by atoms with E-state index in [-0.39, 0.29) is 18.4 Å². The van der Waals surface area contributed by atoms with E-state index < -0.39 is 10.0 Å². The van der Waals surface area contributed by atoms with Crippen LogP contribution in [0.2, 0.25) is 0 Å². The van der Waals surface area contributed by atoms with Crippen LogP contribution in [0, 0.1) is 12.8 Å². The molecule has 1 heterocycles. The molecule has 0 aliphatic carbocycles. The average Bonchev–Trinajstić information content (AvgIpc) is 2.82. The van der Waals surface area contributed by atoms with E-state index in [2.05, 4.69) is 35.6 Å². The first kappa shape index (κ1) is 22.5. The predicted molar refractivity (Wildman–Crippen MR) is 128 cm³/mol. The topological polar surface area (TPSA) is 66.5 Å². The molecule has 1 N–H and O–H groups in total. The number of nitrogens with zero attached hydrogens (tertiary/aromatic N) is 1. The van der Waals surface area contributed by atoms with Crippen LogP contribution >= 0.6 is 0 Å². The van der Waals surface area contributed by atoms with Crippen LogP contribution in [-0.2, 0) is 21.2 Å². The normalized spacial score (nSPS) is 17.3. The van der Waals surface area contributed by atoms with Crippen LogP contribution in [-0.4, -0.2) is 38.3 Å². The summed E-state index contributed by atoms with van der Waals surface area (Å²) in [5.74, 6) is -0.353. The van der Waals surface area contributed by atoms with Crippen molar-refractivity contribution in [2.45, 2.75) is 37.5 Å². The Balaban J connectivity index is 1.31. The highest BCUT2D eigenvalue weighted by Gasteiger charge is 2.33. The number of fused-ring (bicyclic) bond motifs is 1. The van der Waals surface area contributed by atoms with Gasteiger partial charge >= 0.3 is 0 Å². The Bertz CT molecular complexity index is 1180. The number of aryl methyl sites for hydroxylation is 2. The summed E-state index contributed by atoms with van der Waals surface area (Å²) in [6.07, 6.45) is 3.15. The van der Waals surface area contributed by atoms with Crippen molar-refractivity contribution in [1.29, 1.82) is 0 Å². The molecule has 0 aromatic heterocycles. The smallest absolute Gasteiger partial charge is 0.243 e. The molecule has 1 atom stereocenters. The Morgan fingerprint density at radius 1 is 1.03 bits per heavy atom. The largest absolute Gasteiger partial charge is 0.356 e. The second-order valence-corrected chi connectivity index (χ2v) is 10.5. The molecule has 1 amide bonds. The molecule has 32 heavy (non-hydrogen) atoms. The fourth-order valence-corrected chi connectivity index (χ4v) is 5.90. The Morgan fingerprint density at radius 3 is 2.59 bits per heavy atom. The molecule has 6 heteroatoms. The number of amides is 1. The Labute approximate surface area is 190 Å². The van der Waals surface area contributed by atoms with E-state index in [1.807, 2.05) is 19.1 Å². The number of carbonyl (C=O) groups excluding carboxylic acids is 1. The molecule has 3 aromatic carbocycles. The SMILES string of the molecule is Cc1ccc(S(=O)(=O)N2CCCC(C(=O)NCCCc3cccc4ccccc34)C2)cc1. The van der Waals surface area contributed by atoms with Crippen molar-refractivity contribution in [3.63, 3.8) is 0 Å². The van der Waals surface area contributed by atoms with Crippen LogP contribution in [0.4, 0.5) is 0 Å². The molecule has 0 radical (unpaired) electrons. The lowest BCUT2D eigenvalue weighted by Crippen LogP contribution is -2.45. The summed E-state index contributed by atoms with van der Waals surface area (Å²) in [5.41, 5.74) is 2.30. The van der Waals surface area contributed by atoms with Gasteiger partial charge in [-0.3, -0.25) is 4.79 Å². The number of hydrogen-bond acceptors (Lipinski definition) is 3. The molecule has 1 aliphatic rings. The van der Waals surface area contributed by atoms with E-state index >= 15 is 0 Å². The van der Waals surface area contributed by atoms with Crippen molar-refractivity contribution in [3.8, 4) is 0 Å². The van der Waals surface area contributed by atoms with Crippen molar-refractivity contribution < 1.29 is 13.2 Å². The third-order valence-corrected chi connectivity index (χ3v) is 8.10. The zero-order valence-electron chi connectivity index (χ0n) is 18.5. The highest BCUT2D eigenvalue weighted by molar-refractivity contribution is 7.89. The molecule has 5 nitrogen and oxygen atoms in total. The van der Waals surface area contributed by atoms with Gasteiger partial charge in [0.25, 0.3) is 0 Å². The summed E-state index contributed by atoms with van der Waals surface area (Å²) in [6.45, 7) is 3.22. The first-order valence-electron chi connectivity index (χ1n) is 11.3. The van der Waals surface area contributed by atoms with Gasteiger partial charge in [0.05, 0.1) is 10.8 Å². The first-order chi connectivity index (χ1) is 15.4. The minimum absolute atomic E-state index is 0.0493. The molecule has 1 unspecified atom stereocenters. The predicted octanol–water partition coefficient (Wildman–Crippen LogP) is 4.30. The summed E-state index contributed by atoms with van der Waals surface area (Å²) < 4.78 is 27.4. The van der Waals surface area contributed by atoms with Crippen molar-refractivity contribution in [2.75, 3.05) is 19.6 Å². The highest BCUT2D eigenvalue weighted by Crippen LogP contribution is 2.24. The van der Waals surface area contributed by atoms with E-state index in [1.165, 1.54) is 20.6 Å². The van der Waals surface area contributed by atoms with Crippen molar-refractivity contribution in [2.24, 2.45) is 5.92 Å². The summed E-state index contributed by atoms with van der Waals surface area (Å²) in [5, 5.41) is 5.51. The van der Waals surface area contributed by atoms with E-state index in [0.717, 1.165) is 24.8 Å². The maximum atomic E-state index is 13.0. The third kappa shape index (κ3) is 5.03. The summed E-state index contributed by atoms with van der Waals surface area (Å²) >= 11 is 0. The Morgan fingerprint density at radius 2 is 1.78 bits per heavy atom. The molecule has 1 aliphatic heterocycles. The lowest BCUT2D eigenvalue weighted by atomic mass is 9.98. The average molecular weight is 451 g/mol. The molecular weight excluding hydrogens is 420 g/mol. The lowest BCUT2D eigenvalue weighted by Gasteiger charge is -2.31. The maximum absolute atomic E-state index is 13.0. The number of benzene rings is 3. The molecular formula is C26H30N2O3S. The summed E-state index contributed by atoms with van der Waals surface area (Å²) in [4.78, 5) is 13.0. The molecule has 168 valence electrons. The standard InChI is InChI=1S/C26H30N2O3S/c1-20-13-15-24(16-14-20)32(30,31)28-18-6-11-23(19-28)26(29)27-17-5-10-22-9-4-8-21-7-2-3-12-25(21)22/h2-4,7-9,12-16,23H,5-6,10-11,17-19H2,1H3,(H,27,29). The molecule has 3 aromatic rings. The highest BCUT2D eigenvalue weighted by atomic mass is 32.2. The maximum Gasteiger partial charge on any atom is 0.243 e. The second-order valence-electron chi connectivity index (χ2n) is 8.55. The Hall–Kier alpha value is -2.70. The fourth-order valence-electron chi connectivity index (χ4n) is 4.38. The molecule has 4 rings (SSSR count). The van der Waals surface area contributed by atoms with Gasteiger partial charge in [0, 0.05) is 19.6 Å². The fraction of sp³-hybridized carbons (Fsp3) is 0.346. The zero-order valence-corrected chi connectivity index (χ0v) is 19.3. The van der Waals surface area contributed by atoms with Crippen LogP contribution < -0.4 is 5.32 Å². The number of hydrogen-bond donors (Lipinski definition) is 1. The van der Waals surface area contributed by atoms with Crippen LogP contribution in [0.1, 0.15) is 30.4 Å². The number of rotatable bonds is 7. The second kappa shape index (κ2) is 9.84. The minimum atomic E-state index is -3.57. The number of piperidine rings is 1. The van der Waals surface area contributed by atoms with Gasteiger partial charge in [-0.2, -0.15) is 4.31 Å². The summed E-state index contributed by atoms with van der Waals surface area (Å²) in [6, 6.07) is 21.5. The molecule has 0 spiro atoms. The summed E-state index contributed by atoms with van der Waals surface area (Å²) in [7, 11) is -3.57. The van der Waals surface area contributed by atoms with Gasteiger partial charge in [0.15, 0.2) is 0 Å². The third-order valence-electron chi connectivity index (χ3n) is 6.22. The van der Waals surface area contributed by atoms with Crippen molar-refractivity contribution in [3.05, 3.63) is 77.9 Å². The minimum Gasteiger partial charge on any atom is -0.356 e. The number of sulfonamides is 1. The van der Waals surface area contributed by atoms with Crippen LogP contribution in [0.15, 0.2) is 71.6 Å². The van der Waals surface area contributed by atoms with Crippen LogP contribution in [0.3, 0.4) is 0 Å². The van der Waals surface area contributed by atoms with Gasteiger partial charge in [-0.1, -0.05) is 60.2 Å².